The topological polar surface area (TPSA) is 134 Å². The van der Waals surface area contributed by atoms with E-state index in [1.165, 1.54) is 7.05 Å². The molecule has 0 saturated carbocycles. The molecule has 0 radical (unpaired) electrons. The largest absolute Gasteiger partial charge is 0.466 e. The molecule has 10 nitrogen and oxygen atoms in total. The van der Waals surface area contributed by atoms with Gasteiger partial charge in [-0.05, 0) is 40.2 Å². The third kappa shape index (κ3) is 9.48. The van der Waals surface area contributed by atoms with Crippen LogP contribution in [0.2, 0.25) is 0 Å². The number of esters is 1. The summed E-state index contributed by atoms with van der Waals surface area (Å²) in [5.74, 6) is -1.65. The van der Waals surface area contributed by atoms with Crippen LogP contribution in [0.1, 0.15) is 51.3 Å². The van der Waals surface area contributed by atoms with Crippen LogP contribution in [-0.2, 0) is 23.9 Å². The van der Waals surface area contributed by atoms with E-state index in [2.05, 4.69) is 10.6 Å². The Labute approximate surface area is 194 Å². The highest BCUT2D eigenvalue weighted by atomic mass is 16.6. The number of alkyl carbamates (subject to hydrolysis) is 1. The van der Waals surface area contributed by atoms with E-state index in [0.29, 0.717) is 5.56 Å². The fourth-order valence-electron chi connectivity index (χ4n) is 2.93. The molecule has 0 aliphatic heterocycles. The zero-order chi connectivity index (χ0) is 25.2. The number of hydrogen-bond donors (Lipinski definition) is 3. The molecule has 0 aromatic heterocycles. The highest BCUT2D eigenvalue weighted by Crippen LogP contribution is 2.21. The monoisotopic (exact) mass is 465 g/mol. The molecule has 0 spiro atoms. The normalized spacial score (nSPS) is 12.8. The molecule has 184 valence electrons. The third-order valence-electron chi connectivity index (χ3n) is 4.48. The number of nitrogens with zero attached hydrogens (tertiary/aromatic N) is 1. The fraction of sp³-hybridized carbons (Fsp3) is 0.565. The number of aliphatic hydroxyl groups is 1. The van der Waals surface area contributed by atoms with Crippen molar-refractivity contribution in [2.75, 3.05) is 26.8 Å². The molecule has 0 aliphatic carbocycles. The first-order valence-electron chi connectivity index (χ1n) is 10.8. The second-order valence-electron chi connectivity index (χ2n) is 8.49. The van der Waals surface area contributed by atoms with Crippen LogP contribution in [0, 0.1) is 6.92 Å². The number of nitrogens with one attached hydrogen (secondary N) is 2. The first-order chi connectivity index (χ1) is 15.4. The standard InChI is InChI=1S/C23H35N3O7/c1-7-32-18(28)12-13-24-20(29)19(16-10-8-15(2)9-11-16)26(6)21(30)17(14-27)25-22(31)33-23(3,4)5/h8-11,17,19,27H,7,12-14H2,1-6H3,(H,24,29)(H,25,31). The second-order valence-corrected chi connectivity index (χ2v) is 8.49. The average molecular weight is 466 g/mol. The van der Waals surface area contributed by atoms with E-state index in [-0.39, 0.29) is 19.6 Å². The van der Waals surface area contributed by atoms with E-state index in [4.69, 9.17) is 9.47 Å². The number of aryl methyl sites for hydroxylation is 1. The van der Waals surface area contributed by atoms with Crippen molar-refractivity contribution in [3.05, 3.63) is 35.4 Å². The number of likely N-dealkylation sites (N-methyl/N-ethyl adjacent to an activating group) is 1. The molecule has 3 N–H and O–H groups in total. The Kier molecular flexibility index (Phi) is 10.8. The van der Waals surface area contributed by atoms with Gasteiger partial charge < -0.3 is 30.1 Å². The lowest BCUT2D eigenvalue weighted by Gasteiger charge is -2.31. The van der Waals surface area contributed by atoms with Gasteiger partial charge in [0.2, 0.25) is 11.8 Å². The molecule has 2 atom stereocenters. The summed E-state index contributed by atoms with van der Waals surface area (Å²) in [6.45, 7) is 8.17. The quantitative estimate of drug-likeness (QED) is 0.445. The first-order valence-corrected chi connectivity index (χ1v) is 10.8. The van der Waals surface area contributed by atoms with E-state index in [9.17, 15) is 24.3 Å². The number of carbonyl (C=O) groups is 4. The maximum atomic E-state index is 13.1. The Morgan fingerprint density at radius 3 is 2.24 bits per heavy atom. The van der Waals surface area contributed by atoms with Crippen LogP contribution in [0.3, 0.4) is 0 Å². The molecule has 0 heterocycles. The highest BCUT2D eigenvalue weighted by molar-refractivity contribution is 5.92. The van der Waals surface area contributed by atoms with Gasteiger partial charge in [-0.1, -0.05) is 29.8 Å². The van der Waals surface area contributed by atoms with Crippen molar-refractivity contribution in [2.24, 2.45) is 0 Å². The molecule has 0 fully saturated rings. The fourth-order valence-corrected chi connectivity index (χ4v) is 2.93. The van der Waals surface area contributed by atoms with E-state index in [1.54, 1.807) is 52.0 Å². The lowest BCUT2D eigenvalue weighted by atomic mass is 10.0. The van der Waals surface area contributed by atoms with Gasteiger partial charge in [-0.3, -0.25) is 14.4 Å². The zero-order valence-electron chi connectivity index (χ0n) is 20.1. The Balaban J connectivity index is 3.04. The second kappa shape index (κ2) is 12.8. The highest BCUT2D eigenvalue weighted by Gasteiger charge is 2.33. The summed E-state index contributed by atoms with van der Waals surface area (Å²) in [5, 5.41) is 14.7. The molecule has 0 saturated heterocycles. The van der Waals surface area contributed by atoms with Crippen LogP contribution in [0.15, 0.2) is 24.3 Å². The van der Waals surface area contributed by atoms with Crippen LogP contribution >= 0.6 is 0 Å². The third-order valence-corrected chi connectivity index (χ3v) is 4.48. The minimum Gasteiger partial charge on any atom is -0.466 e. The van der Waals surface area contributed by atoms with Gasteiger partial charge in [0.25, 0.3) is 0 Å². The van der Waals surface area contributed by atoms with Crippen molar-refractivity contribution in [2.45, 2.75) is 58.7 Å². The SMILES string of the molecule is CCOC(=O)CCNC(=O)C(c1ccc(C)cc1)N(C)C(=O)C(CO)NC(=O)OC(C)(C)C. The van der Waals surface area contributed by atoms with Crippen molar-refractivity contribution >= 4 is 23.9 Å². The van der Waals surface area contributed by atoms with Gasteiger partial charge in [0.05, 0.1) is 19.6 Å². The molecule has 33 heavy (non-hydrogen) atoms. The number of amides is 3. The molecule has 0 aliphatic rings. The average Bonchev–Trinajstić information content (AvgIpc) is 2.72. The van der Waals surface area contributed by atoms with Crippen molar-refractivity contribution in [1.82, 2.24) is 15.5 Å². The summed E-state index contributed by atoms with van der Waals surface area (Å²) in [6.07, 6.45) is -0.883. The maximum Gasteiger partial charge on any atom is 0.408 e. The lowest BCUT2D eigenvalue weighted by Crippen LogP contribution is -2.53. The van der Waals surface area contributed by atoms with E-state index in [0.717, 1.165) is 10.5 Å². The van der Waals surface area contributed by atoms with Gasteiger partial charge in [0.1, 0.15) is 17.7 Å². The van der Waals surface area contributed by atoms with Crippen LogP contribution in [0.4, 0.5) is 4.79 Å². The molecule has 1 aromatic carbocycles. The predicted octanol–water partition coefficient (Wildman–Crippen LogP) is 1.45. The van der Waals surface area contributed by atoms with Gasteiger partial charge in [-0.2, -0.15) is 0 Å². The van der Waals surface area contributed by atoms with Crippen LogP contribution in [0.25, 0.3) is 0 Å². The molecule has 1 rings (SSSR count). The number of ether oxygens (including phenoxy) is 2. The van der Waals surface area contributed by atoms with Gasteiger partial charge in [0, 0.05) is 13.6 Å². The van der Waals surface area contributed by atoms with Crippen molar-refractivity contribution in [3.8, 4) is 0 Å². The minimum absolute atomic E-state index is 0.0165. The number of rotatable bonds is 10. The molecular weight excluding hydrogens is 430 g/mol. The summed E-state index contributed by atoms with van der Waals surface area (Å²) < 4.78 is 10.00. The summed E-state index contributed by atoms with van der Waals surface area (Å²) in [4.78, 5) is 50.9. The van der Waals surface area contributed by atoms with Crippen LogP contribution in [0.5, 0.6) is 0 Å². The molecule has 0 bridgehead atoms. The molecular formula is C23H35N3O7. The molecule has 2 unspecified atom stereocenters. The van der Waals surface area contributed by atoms with E-state index >= 15 is 0 Å². The van der Waals surface area contributed by atoms with Gasteiger partial charge in [-0.15, -0.1) is 0 Å². The first kappa shape index (κ1) is 27.9. The molecule has 1 aromatic rings. The van der Waals surface area contributed by atoms with Gasteiger partial charge in [0.15, 0.2) is 0 Å². The molecule has 10 heteroatoms. The van der Waals surface area contributed by atoms with Crippen LogP contribution < -0.4 is 10.6 Å². The van der Waals surface area contributed by atoms with E-state index in [1.807, 2.05) is 6.92 Å². The van der Waals surface area contributed by atoms with Gasteiger partial charge in [-0.25, -0.2) is 4.79 Å². The number of aliphatic hydroxyl groups excluding tert-OH is 1. The summed E-state index contributed by atoms with van der Waals surface area (Å²) in [5.41, 5.74) is 0.704. The summed E-state index contributed by atoms with van der Waals surface area (Å²) >= 11 is 0. The number of benzene rings is 1. The van der Waals surface area contributed by atoms with Crippen molar-refractivity contribution in [3.63, 3.8) is 0 Å². The lowest BCUT2D eigenvalue weighted by molar-refractivity contribution is -0.144. The summed E-state index contributed by atoms with van der Waals surface area (Å²) in [7, 11) is 1.40. The predicted molar refractivity (Wildman–Crippen MR) is 121 cm³/mol. The number of carbonyl (C=O) groups excluding carboxylic acids is 4. The van der Waals surface area contributed by atoms with Gasteiger partial charge >= 0.3 is 12.1 Å². The Morgan fingerprint density at radius 1 is 1.12 bits per heavy atom. The van der Waals surface area contributed by atoms with Crippen molar-refractivity contribution in [1.29, 1.82) is 0 Å². The Morgan fingerprint density at radius 2 is 1.73 bits per heavy atom. The Hall–Kier alpha value is -3.14. The zero-order valence-corrected chi connectivity index (χ0v) is 20.1. The summed E-state index contributed by atoms with van der Waals surface area (Å²) in [6, 6.07) is 4.65. The Bertz CT molecular complexity index is 818. The smallest absolute Gasteiger partial charge is 0.408 e. The maximum absolute atomic E-state index is 13.1. The molecule has 3 amide bonds. The van der Waals surface area contributed by atoms with Crippen LogP contribution in [-0.4, -0.2) is 72.3 Å². The number of hydrogen-bond acceptors (Lipinski definition) is 7. The van der Waals surface area contributed by atoms with E-state index < -0.39 is 48.2 Å². The van der Waals surface area contributed by atoms with Crippen molar-refractivity contribution < 1.29 is 33.8 Å². The minimum atomic E-state index is -1.31.